The van der Waals surface area contributed by atoms with E-state index in [2.05, 4.69) is 56.3 Å². The maximum atomic E-state index is 7.30. The SMILES string of the molecule is [C-]#[N+]C[C@H]1CN(c2nc(OC[C@@H]3CCCN3C)nc3c2COC(c2c(C)ccc4[nH]ncc24)C3)CCN1. The number of aromatic amines is 1. The van der Waals surface area contributed by atoms with Gasteiger partial charge in [-0.1, -0.05) is 6.07 Å². The molecule has 0 amide bonds. The summed E-state index contributed by atoms with van der Waals surface area (Å²) in [5.74, 6) is 0.882. The number of H-pyrrole nitrogens is 1. The number of nitrogens with zero attached hydrogens (tertiary/aromatic N) is 6. The van der Waals surface area contributed by atoms with Gasteiger partial charge in [0.1, 0.15) is 12.4 Å². The number of likely N-dealkylation sites (N-methyl/N-ethyl adjacent to an activating group) is 1. The minimum Gasteiger partial charge on any atom is -0.462 e. The van der Waals surface area contributed by atoms with E-state index in [4.69, 9.17) is 26.0 Å². The zero-order chi connectivity index (χ0) is 25.4. The molecule has 5 heterocycles. The Kier molecular flexibility index (Phi) is 6.67. The summed E-state index contributed by atoms with van der Waals surface area (Å²) in [5.41, 5.74) is 5.36. The number of fused-ring (bicyclic) bond motifs is 2. The van der Waals surface area contributed by atoms with E-state index in [-0.39, 0.29) is 12.1 Å². The fraction of sp³-hybridized carbons (Fsp3) is 0.556. The van der Waals surface area contributed by atoms with Gasteiger partial charge in [0.15, 0.2) is 0 Å². The van der Waals surface area contributed by atoms with Crippen LogP contribution in [0.3, 0.4) is 0 Å². The quantitative estimate of drug-likeness (QED) is 0.497. The molecule has 2 saturated heterocycles. The Morgan fingerprint density at radius 3 is 3.03 bits per heavy atom. The van der Waals surface area contributed by atoms with Crippen molar-refractivity contribution in [3.05, 3.63) is 52.1 Å². The molecular weight excluding hydrogens is 468 g/mol. The molecule has 3 atom stereocenters. The van der Waals surface area contributed by atoms with Gasteiger partial charge in [0.2, 0.25) is 6.54 Å². The van der Waals surface area contributed by atoms with E-state index in [0.29, 0.717) is 38.2 Å². The smallest absolute Gasteiger partial charge is 0.318 e. The van der Waals surface area contributed by atoms with Crippen molar-refractivity contribution in [3.63, 3.8) is 0 Å². The van der Waals surface area contributed by atoms with E-state index in [9.17, 15) is 0 Å². The van der Waals surface area contributed by atoms with Gasteiger partial charge in [-0.3, -0.25) is 5.10 Å². The molecule has 10 heteroatoms. The van der Waals surface area contributed by atoms with Crippen LogP contribution in [-0.4, -0.2) is 83.5 Å². The first-order chi connectivity index (χ1) is 18.1. The number of likely N-dealkylation sites (tertiary alicyclic amines) is 1. The van der Waals surface area contributed by atoms with Crippen LogP contribution in [-0.2, 0) is 17.8 Å². The van der Waals surface area contributed by atoms with Crippen molar-refractivity contribution >= 4 is 16.7 Å². The van der Waals surface area contributed by atoms with E-state index in [1.54, 1.807) is 0 Å². The molecule has 1 unspecified atom stereocenters. The molecule has 0 radical (unpaired) electrons. The lowest BCUT2D eigenvalue weighted by Crippen LogP contribution is -2.52. The summed E-state index contributed by atoms with van der Waals surface area (Å²) in [7, 11) is 2.15. The van der Waals surface area contributed by atoms with Crippen LogP contribution in [0.1, 0.15) is 41.3 Å². The molecule has 2 aromatic heterocycles. The number of rotatable bonds is 6. The standard InChI is InChI=1S/C27H34N8O2/c1-17-6-7-22-20(13-30-33-22)25(17)24-11-23-21(16-36-24)26(35-10-8-29-18(14-35)12-28-2)32-27(31-23)37-15-19-5-4-9-34(19)3/h6-7,13,18-19,24,29H,4-5,8-12,14-16H2,1,3H3,(H,30,33)/t18-,19-,24?/m0/s1. The van der Waals surface area contributed by atoms with Crippen LogP contribution >= 0.6 is 0 Å². The second kappa shape index (κ2) is 10.2. The molecule has 10 nitrogen and oxygen atoms in total. The molecule has 2 N–H and O–H groups in total. The van der Waals surface area contributed by atoms with Crippen molar-refractivity contribution in [2.45, 2.75) is 51.0 Å². The van der Waals surface area contributed by atoms with Gasteiger partial charge in [-0.2, -0.15) is 15.1 Å². The molecule has 3 aromatic rings. The Labute approximate surface area is 217 Å². The van der Waals surface area contributed by atoms with E-state index in [0.717, 1.165) is 66.1 Å². The normalized spacial score (nSPS) is 24.2. The lowest BCUT2D eigenvalue weighted by Gasteiger charge is -2.35. The number of anilines is 1. The second-order valence-electron chi connectivity index (χ2n) is 10.4. The van der Waals surface area contributed by atoms with E-state index >= 15 is 0 Å². The van der Waals surface area contributed by atoms with Crippen LogP contribution in [0.5, 0.6) is 6.01 Å². The third-order valence-corrected chi connectivity index (χ3v) is 8.01. The van der Waals surface area contributed by atoms with Gasteiger partial charge in [0, 0.05) is 43.0 Å². The van der Waals surface area contributed by atoms with Crippen molar-refractivity contribution in [1.29, 1.82) is 0 Å². The van der Waals surface area contributed by atoms with E-state index in [1.807, 2.05) is 6.20 Å². The van der Waals surface area contributed by atoms with Crippen LogP contribution in [0.2, 0.25) is 0 Å². The predicted molar refractivity (Wildman–Crippen MR) is 141 cm³/mol. The summed E-state index contributed by atoms with van der Waals surface area (Å²) in [6.45, 7) is 14.4. The number of piperazine rings is 1. The van der Waals surface area contributed by atoms with Gasteiger partial charge >= 0.3 is 6.01 Å². The first kappa shape index (κ1) is 24.1. The van der Waals surface area contributed by atoms with E-state index in [1.165, 1.54) is 12.0 Å². The monoisotopic (exact) mass is 502 g/mol. The molecule has 0 aliphatic carbocycles. The van der Waals surface area contributed by atoms with Crippen LogP contribution in [0, 0.1) is 13.5 Å². The van der Waals surface area contributed by atoms with Crippen molar-refractivity contribution in [3.8, 4) is 6.01 Å². The van der Waals surface area contributed by atoms with Crippen LogP contribution in [0.4, 0.5) is 5.82 Å². The Morgan fingerprint density at radius 2 is 2.19 bits per heavy atom. The number of aromatic nitrogens is 4. The topological polar surface area (TPSA) is 95.8 Å². The molecule has 1 aromatic carbocycles. The Hall–Kier alpha value is -3.26. The third kappa shape index (κ3) is 4.75. The Morgan fingerprint density at radius 1 is 1.27 bits per heavy atom. The fourth-order valence-electron chi connectivity index (χ4n) is 5.93. The summed E-state index contributed by atoms with van der Waals surface area (Å²) >= 11 is 0. The molecule has 2 fully saturated rings. The van der Waals surface area contributed by atoms with Crippen LogP contribution < -0.4 is 15.0 Å². The summed E-state index contributed by atoms with van der Waals surface area (Å²) < 4.78 is 12.7. The molecule has 194 valence electrons. The number of ether oxygens (including phenoxy) is 2. The van der Waals surface area contributed by atoms with Crippen molar-refractivity contribution < 1.29 is 9.47 Å². The van der Waals surface area contributed by atoms with Crippen LogP contribution in [0.25, 0.3) is 15.7 Å². The molecule has 37 heavy (non-hydrogen) atoms. The maximum absolute atomic E-state index is 7.30. The number of nitrogens with one attached hydrogen (secondary N) is 2. The highest BCUT2D eigenvalue weighted by molar-refractivity contribution is 5.83. The minimum atomic E-state index is -0.122. The van der Waals surface area contributed by atoms with Crippen LogP contribution in [0.15, 0.2) is 18.3 Å². The molecule has 3 aliphatic rings. The molecule has 3 aliphatic heterocycles. The highest BCUT2D eigenvalue weighted by Crippen LogP contribution is 2.38. The predicted octanol–water partition coefficient (Wildman–Crippen LogP) is 2.65. The van der Waals surface area contributed by atoms with Crippen molar-refractivity contribution in [2.75, 3.05) is 51.3 Å². The number of hydrogen-bond acceptors (Lipinski definition) is 8. The summed E-state index contributed by atoms with van der Waals surface area (Å²) in [6.07, 6.45) is 4.74. The first-order valence-electron chi connectivity index (χ1n) is 13.2. The number of hydrogen-bond donors (Lipinski definition) is 2. The minimum absolute atomic E-state index is 0.118. The molecule has 0 saturated carbocycles. The third-order valence-electron chi connectivity index (χ3n) is 8.01. The summed E-state index contributed by atoms with van der Waals surface area (Å²) in [4.78, 5) is 18.1. The largest absolute Gasteiger partial charge is 0.462 e. The molecule has 0 bridgehead atoms. The Bertz CT molecular complexity index is 1320. The highest BCUT2D eigenvalue weighted by Gasteiger charge is 2.32. The Balaban J connectivity index is 1.33. The van der Waals surface area contributed by atoms with Gasteiger partial charge < -0.3 is 29.4 Å². The number of aryl methyl sites for hydroxylation is 1. The number of benzene rings is 1. The van der Waals surface area contributed by atoms with Gasteiger partial charge in [-0.05, 0) is 50.6 Å². The first-order valence-corrected chi connectivity index (χ1v) is 13.2. The fourth-order valence-corrected chi connectivity index (χ4v) is 5.93. The molecular formula is C27H34N8O2. The molecule has 6 rings (SSSR count). The van der Waals surface area contributed by atoms with E-state index < -0.39 is 0 Å². The second-order valence-corrected chi connectivity index (χ2v) is 10.4. The van der Waals surface area contributed by atoms with Gasteiger partial charge in [0.25, 0.3) is 0 Å². The maximum Gasteiger partial charge on any atom is 0.318 e. The summed E-state index contributed by atoms with van der Waals surface area (Å²) in [5, 5.41) is 11.9. The summed E-state index contributed by atoms with van der Waals surface area (Å²) in [6, 6.07) is 5.13. The zero-order valence-electron chi connectivity index (χ0n) is 21.5. The van der Waals surface area contributed by atoms with Crippen molar-refractivity contribution in [1.82, 2.24) is 30.4 Å². The highest BCUT2D eigenvalue weighted by atomic mass is 16.5. The lowest BCUT2D eigenvalue weighted by molar-refractivity contribution is 0.0261. The molecule has 0 spiro atoms. The average molecular weight is 503 g/mol. The average Bonchev–Trinajstić information content (AvgIpc) is 3.55. The van der Waals surface area contributed by atoms with Gasteiger partial charge in [0.05, 0.1) is 36.2 Å². The zero-order valence-corrected chi connectivity index (χ0v) is 21.5. The van der Waals surface area contributed by atoms with Crippen molar-refractivity contribution in [2.24, 2.45) is 0 Å². The van der Waals surface area contributed by atoms with Gasteiger partial charge in [-0.25, -0.2) is 6.57 Å². The van der Waals surface area contributed by atoms with Gasteiger partial charge in [-0.15, -0.1) is 0 Å². The lowest BCUT2D eigenvalue weighted by atomic mass is 9.93.